The lowest BCUT2D eigenvalue weighted by atomic mass is 10.1. The fourth-order valence-electron chi connectivity index (χ4n) is 2.99. The van der Waals surface area contributed by atoms with E-state index in [1.807, 2.05) is 65.5 Å². The van der Waals surface area contributed by atoms with Gasteiger partial charge in [0, 0.05) is 17.6 Å². The van der Waals surface area contributed by atoms with Crippen molar-refractivity contribution < 1.29 is 9.21 Å². The van der Waals surface area contributed by atoms with Gasteiger partial charge in [-0.05, 0) is 60.6 Å². The van der Waals surface area contributed by atoms with Gasteiger partial charge in [0.25, 0.3) is 5.22 Å². The van der Waals surface area contributed by atoms with Gasteiger partial charge in [-0.1, -0.05) is 29.0 Å². The van der Waals surface area contributed by atoms with Crippen molar-refractivity contribution in [3.63, 3.8) is 0 Å². The SMILES string of the molecule is Cc1cc(C)cc(-c2nnc(S[C@H](C)C(=O)N(C(C)C)C(C)C)o2)c1. The molecular weight excluding hydrogens is 334 g/mol. The lowest BCUT2D eigenvalue weighted by molar-refractivity contribution is -0.133. The molecule has 5 nitrogen and oxygen atoms in total. The van der Waals surface area contributed by atoms with E-state index in [1.54, 1.807) is 0 Å². The second kappa shape index (κ2) is 8.04. The van der Waals surface area contributed by atoms with Crippen LogP contribution in [0.25, 0.3) is 11.5 Å². The standard InChI is InChI=1S/C19H27N3O2S/c1-11(2)22(12(3)4)18(23)15(7)25-19-21-20-17(24-19)16-9-13(5)8-14(6)10-16/h8-12,15H,1-7H3/t15-/m1/s1. The van der Waals surface area contributed by atoms with E-state index in [9.17, 15) is 4.79 Å². The molecule has 0 unspecified atom stereocenters. The quantitative estimate of drug-likeness (QED) is 0.710. The Morgan fingerprint density at radius 2 is 1.56 bits per heavy atom. The van der Waals surface area contributed by atoms with E-state index in [2.05, 4.69) is 16.3 Å². The van der Waals surface area contributed by atoms with Gasteiger partial charge < -0.3 is 9.32 Å². The van der Waals surface area contributed by atoms with Gasteiger partial charge in [0.1, 0.15) is 0 Å². The molecule has 0 spiro atoms. The minimum atomic E-state index is -0.280. The highest BCUT2D eigenvalue weighted by Gasteiger charge is 2.27. The van der Waals surface area contributed by atoms with Gasteiger partial charge in [-0.2, -0.15) is 0 Å². The van der Waals surface area contributed by atoms with Crippen molar-refractivity contribution in [3.8, 4) is 11.5 Å². The summed E-state index contributed by atoms with van der Waals surface area (Å²) in [4.78, 5) is 14.6. The third-order valence-electron chi connectivity index (χ3n) is 3.87. The number of nitrogens with zero attached hydrogens (tertiary/aromatic N) is 3. The molecule has 0 saturated heterocycles. The van der Waals surface area contributed by atoms with E-state index in [4.69, 9.17) is 4.42 Å². The highest BCUT2D eigenvalue weighted by atomic mass is 32.2. The molecule has 0 bridgehead atoms. The van der Waals surface area contributed by atoms with Crippen LogP contribution in [0.4, 0.5) is 0 Å². The third kappa shape index (κ3) is 4.84. The van der Waals surface area contributed by atoms with Crippen LogP contribution in [0, 0.1) is 13.8 Å². The lowest BCUT2D eigenvalue weighted by Gasteiger charge is -2.32. The Labute approximate surface area is 154 Å². The topological polar surface area (TPSA) is 59.2 Å². The summed E-state index contributed by atoms with van der Waals surface area (Å²) in [5.74, 6) is 0.569. The Morgan fingerprint density at radius 1 is 1.00 bits per heavy atom. The van der Waals surface area contributed by atoms with Crippen LogP contribution in [-0.4, -0.2) is 38.3 Å². The summed E-state index contributed by atoms with van der Waals surface area (Å²) in [6, 6.07) is 6.45. The van der Waals surface area contributed by atoms with Crippen LogP contribution in [0.1, 0.15) is 45.7 Å². The first-order chi connectivity index (χ1) is 11.7. The number of thioether (sulfide) groups is 1. The minimum absolute atomic E-state index is 0.0844. The van der Waals surface area contributed by atoms with Crippen LogP contribution in [0.3, 0.4) is 0 Å². The molecule has 2 aromatic rings. The van der Waals surface area contributed by atoms with Crippen LogP contribution >= 0.6 is 11.8 Å². The number of hydrogen-bond donors (Lipinski definition) is 0. The van der Waals surface area contributed by atoms with E-state index in [-0.39, 0.29) is 23.2 Å². The van der Waals surface area contributed by atoms with Crippen LogP contribution in [0.2, 0.25) is 0 Å². The van der Waals surface area contributed by atoms with Gasteiger partial charge in [0.05, 0.1) is 5.25 Å². The molecule has 1 atom stereocenters. The van der Waals surface area contributed by atoms with Gasteiger partial charge >= 0.3 is 0 Å². The number of benzene rings is 1. The highest BCUT2D eigenvalue weighted by molar-refractivity contribution is 8.00. The van der Waals surface area contributed by atoms with E-state index in [0.29, 0.717) is 11.1 Å². The molecule has 1 amide bonds. The van der Waals surface area contributed by atoms with Gasteiger partial charge in [0.15, 0.2) is 0 Å². The van der Waals surface area contributed by atoms with Gasteiger partial charge in [0.2, 0.25) is 11.8 Å². The average molecular weight is 362 g/mol. The monoisotopic (exact) mass is 361 g/mol. The largest absolute Gasteiger partial charge is 0.411 e. The zero-order chi connectivity index (χ0) is 18.7. The van der Waals surface area contributed by atoms with Crippen LogP contribution in [0.5, 0.6) is 0 Å². The maximum atomic E-state index is 12.7. The van der Waals surface area contributed by atoms with Crippen LogP contribution in [-0.2, 0) is 4.79 Å². The number of amides is 1. The highest BCUT2D eigenvalue weighted by Crippen LogP contribution is 2.28. The summed E-state index contributed by atoms with van der Waals surface area (Å²) in [5, 5.41) is 8.37. The summed E-state index contributed by atoms with van der Waals surface area (Å²) >= 11 is 1.31. The van der Waals surface area contributed by atoms with E-state index in [0.717, 1.165) is 16.7 Å². The molecule has 0 N–H and O–H groups in total. The smallest absolute Gasteiger partial charge is 0.277 e. The van der Waals surface area contributed by atoms with Gasteiger partial charge in [-0.15, -0.1) is 10.2 Å². The molecule has 0 aliphatic rings. The second-order valence-electron chi connectivity index (χ2n) is 6.94. The Hall–Kier alpha value is -1.82. The molecule has 136 valence electrons. The Kier molecular flexibility index (Phi) is 6.27. The number of rotatable bonds is 6. The normalized spacial score (nSPS) is 12.7. The summed E-state index contributed by atoms with van der Waals surface area (Å²) in [6.07, 6.45) is 0. The van der Waals surface area contributed by atoms with Crippen molar-refractivity contribution in [3.05, 3.63) is 29.3 Å². The minimum Gasteiger partial charge on any atom is -0.411 e. The zero-order valence-electron chi connectivity index (χ0n) is 16.0. The first-order valence-electron chi connectivity index (χ1n) is 8.60. The van der Waals surface area contributed by atoms with Crippen molar-refractivity contribution in [1.82, 2.24) is 15.1 Å². The Bertz CT molecular complexity index is 712. The Morgan fingerprint density at radius 3 is 2.08 bits per heavy atom. The van der Waals surface area contributed by atoms with Crippen LogP contribution in [0.15, 0.2) is 27.8 Å². The van der Waals surface area contributed by atoms with Crippen LogP contribution < -0.4 is 0 Å². The van der Waals surface area contributed by atoms with Gasteiger partial charge in [-0.3, -0.25) is 4.79 Å². The van der Waals surface area contributed by atoms with Crippen molar-refractivity contribution in [2.24, 2.45) is 0 Å². The third-order valence-corrected chi connectivity index (χ3v) is 4.79. The number of hydrogen-bond acceptors (Lipinski definition) is 5. The molecule has 1 aromatic heterocycles. The summed E-state index contributed by atoms with van der Waals surface area (Å²) in [6.45, 7) is 14.1. The number of aryl methyl sites for hydroxylation is 2. The second-order valence-corrected chi connectivity index (χ2v) is 8.23. The molecule has 6 heteroatoms. The van der Waals surface area contributed by atoms with Gasteiger partial charge in [-0.25, -0.2) is 0 Å². The Balaban J connectivity index is 2.13. The van der Waals surface area contributed by atoms with E-state index < -0.39 is 0 Å². The molecule has 0 saturated carbocycles. The average Bonchev–Trinajstić information content (AvgIpc) is 2.93. The van der Waals surface area contributed by atoms with Crippen molar-refractivity contribution in [2.75, 3.05) is 0 Å². The molecule has 25 heavy (non-hydrogen) atoms. The molecule has 0 radical (unpaired) electrons. The molecule has 2 rings (SSSR count). The van der Waals surface area contributed by atoms with Crippen molar-refractivity contribution in [2.45, 2.75) is 71.0 Å². The molecule has 0 fully saturated rings. The van der Waals surface area contributed by atoms with Crippen molar-refractivity contribution in [1.29, 1.82) is 0 Å². The summed E-state index contributed by atoms with van der Waals surface area (Å²) in [5.41, 5.74) is 3.20. The van der Waals surface area contributed by atoms with Crippen molar-refractivity contribution >= 4 is 17.7 Å². The molecule has 0 aliphatic heterocycles. The zero-order valence-corrected chi connectivity index (χ0v) is 16.8. The van der Waals surface area contributed by atoms with E-state index >= 15 is 0 Å². The lowest BCUT2D eigenvalue weighted by Crippen LogP contribution is -2.45. The molecule has 0 aliphatic carbocycles. The fourth-order valence-corrected chi connectivity index (χ4v) is 3.73. The summed E-state index contributed by atoms with van der Waals surface area (Å²) < 4.78 is 5.77. The number of carbonyl (C=O) groups is 1. The van der Waals surface area contributed by atoms with E-state index in [1.165, 1.54) is 11.8 Å². The first-order valence-corrected chi connectivity index (χ1v) is 9.48. The first kappa shape index (κ1) is 19.5. The summed E-state index contributed by atoms with van der Waals surface area (Å²) in [7, 11) is 0. The fraction of sp³-hybridized carbons (Fsp3) is 0.526. The maximum Gasteiger partial charge on any atom is 0.277 e. The maximum absolute atomic E-state index is 12.7. The predicted molar refractivity (Wildman–Crippen MR) is 102 cm³/mol. The molecule has 1 aromatic carbocycles. The predicted octanol–water partition coefficient (Wildman–Crippen LogP) is 4.48. The molecular formula is C19H27N3O2S. The number of carbonyl (C=O) groups excluding carboxylic acids is 1. The molecule has 1 heterocycles. The number of aromatic nitrogens is 2.